The summed E-state index contributed by atoms with van der Waals surface area (Å²) in [6, 6.07) is 78.3. The summed E-state index contributed by atoms with van der Waals surface area (Å²) in [5.41, 5.74) is 14.9. The summed E-state index contributed by atoms with van der Waals surface area (Å²) in [7, 11) is 0. The van der Waals surface area contributed by atoms with E-state index in [4.69, 9.17) is 15.4 Å². The Morgan fingerprint density at radius 2 is 1.06 bits per heavy atom. The number of hydrogen-bond acceptors (Lipinski definition) is 3. The van der Waals surface area contributed by atoms with Crippen LogP contribution in [0.4, 0.5) is 0 Å². The van der Waals surface area contributed by atoms with Gasteiger partial charge in [-0.3, -0.25) is 4.99 Å². The molecule has 11 aromatic rings. The van der Waals surface area contributed by atoms with Gasteiger partial charge in [0.25, 0.3) is 0 Å². The van der Waals surface area contributed by atoms with E-state index in [0.29, 0.717) is 5.71 Å². The number of nitrogens with zero attached hydrogens (tertiary/aromatic N) is 3. The van der Waals surface area contributed by atoms with E-state index < -0.39 is 0 Å². The first-order chi connectivity index (χ1) is 31.2. The van der Waals surface area contributed by atoms with Crippen LogP contribution in [-0.4, -0.2) is 21.5 Å². The molecule has 2 heterocycles. The minimum Gasteiger partial charge on any atom is -0.309 e. The van der Waals surface area contributed by atoms with Crippen LogP contribution in [0, 0.1) is 5.41 Å². The Balaban J connectivity index is 0.987. The maximum atomic E-state index is 9.07. The van der Waals surface area contributed by atoms with Crippen molar-refractivity contribution in [3.8, 4) is 39.2 Å². The molecular weight excluding hydrogens is 765 g/mol. The predicted octanol–water partition coefficient (Wildman–Crippen LogP) is 15.0. The number of benzene rings is 9. The number of pyridine rings is 1. The molecule has 0 saturated carbocycles. The topological polar surface area (TPSA) is 54.0 Å². The van der Waals surface area contributed by atoms with E-state index >= 15 is 0 Å². The Morgan fingerprint density at radius 3 is 1.83 bits per heavy atom. The Bertz CT molecular complexity index is 3530. The lowest BCUT2D eigenvalue weighted by molar-refractivity contribution is 1.19. The lowest BCUT2D eigenvalue weighted by atomic mass is 9.96. The zero-order valence-electron chi connectivity index (χ0n) is 34.4. The van der Waals surface area contributed by atoms with Crippen LogP contribution in [-0.2, 0) is 0 Å². The highest BCUT2D eigenvalue weighted by atomic mass is 15.0. The van der Waals surface area contributed by atoms with Crippen LogP contribution in [0.25, 0.3) is 88.4 Å². The average Bonchev–Trinajstić information content (AvgIpc) is 3.70. The van der Waals surface area contributed by atoms with Crippen LogP contribution < -0.4 is 0 Å². The SMILES string of the molecule is N=C(/C=C(\N=Cc1ccccc1)c1ccccc1)c1ccc(-c2cccc(-c3ccc4c(c3)c3ccc5c(-c6ccccc6)nc6ccccc6c5c3n4-c3ccccc3)c2)cc1. The molecule has 11 rings (SSSR count). The van der Waals surface area contributed by atoms with Crippen LogP contribution in [0.15, 0.2) is 236 Å². The highest BCUT2D eigenvalue weighted by Crippen LogP contribution is 2.43. The zero-order valence-corrected chi connectivity index (χ0v) is 34.4. The van der Waals surface area contributed by atoms with Gasteiger partial charge in [-0.1, -0.05) is 188 Å². The Kier molecular flexibility index (Phi) is 9.64. The van der Waals surface area contributed by atoms with E-state index in [1.807, 2.05) is 85.1 Å². The van der Waals surface area contributed by atoms with Crippen LogP contribution in [0.2, 0.25) is 0 Å². The third-order valence-electron chi connectivity index (χ3n) is 11.9. The molecule has 0 amide bonds. The maximum Gasteiger partial charge on any atom is 0.0788 e. The molecule has 2 aromatic heterocycles. The molecule has 0 bridgehead atoms. The summed E-state index contributed by atoms with van der Waals surface area (Å²) in [5.74, 6) is 0. The van der Waals surface area contributed by atoms with Crippen LogP contribution in [0.3, 0.4) is 0 Å². The van der Waals surface area contributed by atoms with Gasteiger partial charge in [-0.25, -0.2) is 4.98 Å². The fraction of sp³-hybridized carbons (Fsp3) is 0. The van der Waals surface area contributed by atoms with Gasteiger partial charge in [0.1, 0.15) is 0 Å². The first-order valence-electron chi connectivity index (χ1n) is 21.2. The molecule has 0 unspecified atom stereocenters. The summed E-state index contributed by atoms with van der Waals surface area (Å²) in [6.07, 6.45) is 3.70. The van der Waals surface area contributed by atoms with Crippen molar-refractivity contribution in [2.24, 2.45) is 4.99 Å². The molecule has 0 atom stereocenters. The van der Waals surface area contributed by atoms with Gasteiger partial charge in [-0.05, 0) is 75.9 Å². The van der Waals surface area contributed by atoms with Crippen molar-refractivity contribution in [3.63, 3.8) is 0 Å². The second-order valence-corrected chi connectivity index (χ2v) is 15.8. The van der Waals surface area contributed by atoms with Gasteiger partial charge in [0.05, 0.1) is 33.7 Å². The van der Waals surface area contributed by atoms with Crippen LogP contribution in [0.5, 0.6) is 0 Å². The second kappa shape index (κ2) is 16.2. The van der Waals surface area contributed by atoms with Crippen molar-refractivity contribution in [1.29, 1.82) is 5.41 Å². The minimum atomic E-state index is 0.399. The molecule has 1 N–H and O–H groups in total. The molecule has 63 heavy (non-hydrogen) atoms. The largest absolute Gasteiger partial charge is 0.309 e. The van der Waals surface area contributed by atoms with Crippen molar-refractivity contribution in [3.05, 3.63) is 247 Å². The molecule has 0 spiro atoms. The maximum absolute atomic E-state index is 9.07. The lowest BCUT2D eigenvalue weighted by Crippen LogP contribution is -1.97. The number of allylic oxidation sites excluding steroid dienone is 1. The van der Waals surface area contributed by atoms with Crippen molar-refractivity contribution in [2.75, 3.05) is 0 Å². The summed E-state index contributed by atoms with van der Waals surface area (Å²) in [5, 5.41) is 14.9. The molecule has 0 saturated heterocycles. The van der Waals surface area contributed by atoms with E-state index in [0.717, 1.165) is 83.4 Å². The summed E-state index contributed by atoms with van der Waals surface area (Å²) in [6.45, 7) is 0. The number of para-hydroxylation sites is 2. The standard InChI is InChI=1S/C59H40N4/c60-53(38-55(43-18-7-2-8-19-43)61-39-40-16-5-1-6-17-40)42-30-28-41(29-31-42)45-22-15-23-46(36-45)47-32-35-56-52(37-47)49-33-34-51-57(59(49)63(56)48-24-11-4-12-25-48)50-26-13-14-27-54(50)62-58(51)44-20-9-3-10-21-44/h1-39,60H/b55-38-,60-53?,61-39?. The molecule has 0 fully saturated rings. The molecule has 4 nitrogen and oxygen atoms in total. The monoisotopic (exact) mass is 804 g/mol. The Hall–Kier alpha value is -8.47. The highest BCUT2D eigenvalue weighted by Gasteiger charge is 2.20. The van der Waals surface area contributed by atoms with Crippen molar-refractivity contribution in [1.82, 2.24) is 9.55 Å². The van der Waals surface area contributed by atoms with Crippen molar-refractivity contribution in [2.45, 2.75) is 0 Å². The third-order valence-corrected chi connectivity index (χ3v) is 11.9. The van der Waals surface area contributed by atoms with E-state index in [2.05, 4.69) is 156 Å². The molecule has 0 aliphatic carbocycles. The number of aromatic nitrogens is 2. The second-order valence-electron chi connectivity index (χ2n) is 15.8. The van der Waals surface area contributed by atoms with Gasteiger partial charge in [-0.15, -0.1) is 0 Å². The molecule has 296 valence electrons. The quantitative estimate of drug-likeness (QED) is 0.115. The number of aliphatic imine (C=N–C) groups is 1. The molecular formula is C59H40N4. The summed E-state index contributed by atoms with van der Waals surface area (Å²) in [4.78, 5) is 10.1. The third kappa shape index (κ3) is 7.10. The zero-order chi connectivity index (χ0) is 42.1. The molecule has 0 aliphatic heterocycles. The van der Waals surface area contributed by atoms with Crippen molar-refractivity contribution < 1.29 is 0 Å². The van der Waals surface area contributed by atoms with E-state index in [-0.39, 0.29) is 0 Å². The fourth-order valence-electron chi connectivity index (χ4n) is 8.81. The number of fused-ring (bicyclic) bond motifs is 7. The van der Waals surface area contributed by atoms with E-state index in [9.17, 15) is 0 Å². The van der Waals surface area contributed by atoms with Crippen molar-refractivity contribution >= 4 is 61.1 Å². The number of rotatable bonds is 9. The van der Waals surface area contributed by atoms with E-state index in [1.54, 1.807) is 0 Å². The van der Waals surface area contributed by atoms with Gasteiger partial charge in [0, 0.05) is 50.0 Å². The number of nitrogens with one attached hydrogen (secondary N) is 1. The first-order valence-corrected chi connectivity index (χ1v) is 21.2. The fourth-order valence-corrected chi connectivity index (χ4v) is 8.81. The van der Waals surface area contributed by atoms with Gasteiger partial charge >= 0.3 is 0 Å². The van der Waals surface area contributed by atoms with Crippen LogP contribution in [0.1, 0.15) is 16.7 Å². The summed E-state index contributed by atoms with van der Waals surface area (Å²) < 4.78 is 2.43. The Morgan fingerprint density at radius 1 is 0.460 bits per heavy atom. The lowest BCUT2D eigenvalue weighted by Gasteiger charge is -2.14. The van der Waals surface area contributed by atoms with Gasteiger partial charge in [0.2, 0.25) is 0 Å². The van der Waals surface area contributed by atoms with Crippen LogP contribution >= 0.6 is 0 Å². The molecule has 4 heteroatoms. The van der Waals surface area contributed by atoms with Gasteiger partial charge in [0.15, 0.2) is 0 Å². The first kappa shape index (κ1) is 37.5. The normalized spacial score (nSPS) is 11.9. The van der Waals surface area contributed by atoms with Gasteiger partial charge in [-0.2, -0.15) is 0 Å². The van der Waals surface area contributed by atoms with Gasteiger partial charge < -0.3 is 9.98 Å². The molecule has 0 radical (unpaired) electrons. The number of hydrogen-bond donors (Lipinski definition) is 1. The Labute approximate surface area is 365 Å². The predicted molar refractivity (Wildman–Crippen MR) is 265 cm³/mol. The molecule has 0 aliphatic rings. The highest BCUT2D eigenvalue weighted by molar-refractivity contribution is 6.27. The van der Waals surface area contributed by atoms with E-state index in [1.165, 1.54) is 21.7 Å². The minimum absolute atomic E-state index is 0.399. The summed E-state index contributed by atoms with van der Waals surface area (Å²) >= 11 is 0. The smallest absolute Gasteiger partial charge is 0.0788 e. The molecule has 9 aromatic carbocycles. The average molecular weight is 805 g/mol.